The summed E-state index contributed by atoms with van der Waals surface area (Å²) >= 11 is 0. The van der Waals surface area contributed by atoms with E-state index in [4.69, 9.17) is 0 Å². The molecule has 90 valence electrons. The van der Waals surface area contributed by atoms with E-state index in [0.717, 1.165) is 11.8 Å². The van der Waals surface area contributed by atoms with Crippen LogP contribution in [0.4, 0.5) is 0 Å². The minimum absolute atomic E-state index is 0. The smallest absolute Gasteiger partial charge is 0 e. The molecule has 0 unspecified atom stereocenters. The summed E-state index contributed by atoms with van der Waals surface area (Å²) in [7, 11) is 0. The second-order valence-corrected chi connectivity index (χ2v) is 4.85. The van der Waals surface area contributed by atoms with Gasteiger partial charge in [-0.2, -0.15) is 25.7 Å². The van der Waals surface area contributed by atoms with Gasteiger partial charge in [0.2, 0.25) is 0 Å². The molecule has 0 aromatic heterocycles. The fraction of sp³-hybridized carbons (Fsp3) is 0.846. The first kappa shape index (κ1) is 16.3. The Bertz CT molecular complexity index is 119. The van der Waals surface area contributed by atoms with E-state index in [-0.39, 0.29) is 40.8 Å². The van der Waals surface area contributed by atoms with Crippen molar-refractivity contribution < 1.29 is 40.8 Å². The van der Waals surface area contributed by atoms with E-state index in [1.54, 1.807) is 6.42 Å². The van der Waals surface area contributed by atoms with Crippen molar-refractivity contribution in [2.24, 2.45) is 11.8 Å². The molecule has 0 nitrogen and oxygen atoms in total. The van der Waals surface area contributed by atoms with E-state index < -0.39 is 0 Å². The first-order valence-corrected chi connectivity index (χ1v) is 6.08. The van der Waals surface area contributed by atoms with Gasteiger partial charge in [-0.15, -0.1) is 0 Å². The third-order valence-electron chi connectivity index (χ3n) is 3.78. The predicted octanol–water partition coefficient (Wildman–Crippen LogP) is 4.16. The van der Waals surface area contributed by atoms with Gasteiger partial charge in [-0.25, -0.2) is 0 Å². The van der Waals surface area contributed by atoms with Crippen LogP contribution in [0.3, 0.4) is 0 Å². The summed E-state index contributed by atoms with van der Waals surface area (Å²) < 4.78 is 0. The van der Waals surface area contributed by atoms with Crippen molar-refractivity contribution in [1.29, 1.82) is 0 Å². The van der Waals surface area contributed by atoms with Gasteiger partial charge < -0.3 is 12.8 Å². The Hall–Kier alpha value is 1.32. The normalized spacial score (nSPS) is 24.0. The van der Waals surface area contributed by atoms with Crippen molar-refractivity contribution in [3.05, 3.63) is 12.8 Å². The van der Waals surface area contributed by atoms with Gasteiger partial charge >= 0.3 is 0 Å². The van der Waals surface area contributed by atoms with Crippen LogP contribution in [-0.2, 0) is 40.8 Å². The Kier molecular flexibility index (Phi) is 10.2. The summed E-state index contributed by atoms with van der Waals surface area (Å²) in [5, 5.41) is 0. The topological polar surface area (TPSA) is 0 Å². The summed E-state index contributed by atoms with van der Waals surface area (Å²) in [5.74, 6) is 2.15. The van der Waals surface area contributed by atoms with Crippen LogP contribution in [-0.4, -0.2) is 0 Å². The van der Waals surface area contributed by atoms with Crippen molar-refractivity contribution in [3.63, 3.8) is 0 Å². The molecule has 0 spiro atoms. The molecule has 2 fully saturated rings. The van der Waals surface area contributed by atoms with Crippen LogP contribution in [0.5, 0.6) is 0 Å². The quantitative estimate of drug-likeness (QED) is 0.453. The van der Waals surface area contributed by atoms with Crippen LogP contribution in [0.25, 0.3) is 0 Å². The Balaban J connectivity index is 0.000000980. The zero-order chi connectivity index (χ0) is 8.93. The van der Waals surface area contributed by atoms with Gasteiger partial charge in [-0.05, 0) is 18.3 Å². The monoisotopic (exact) mass is 552 g/mol. The molecule has 0 bridgehead atoms. The molecule has 2 radical (unpaired) electrons. The molecule has 0 aromatic carbocycles. The van der Waals surface area contributed by atoms with Crippen LogP contribution >= 0.6 is 0 Å². The molecular weight excluding hydrogens is 529 g/mol. The molecule has 0 N–H and O–H groups in total. The van der Waals surface area contributed by atoms with Crippen LogP contribution < -0.4 is 0 Å². The summed E-state index contributed by atoms with van der Waals surface area (Å²) in [4.78, 5) is 0. The summed E-state index contributed by atoms with van der Waals surface area (Å²) in [5.41, 5.74) is 0. The molecule has 0 atom stereocenters. The zero-order valence-corrected chi connectivity index (χ0v) is 14.9. The number of hydrogen-bond donors (Lipinski definition) is 0. The molecule has 15 heavy (non-hydrogen) atoms. The summed E-state index contributed by atoms with van der Waals surface area (Å²) in [6, 6.07) is 0. The third-order valence-corrected chi connectivity index (χ3v) is 3.78. The second kappa shape index (κ2) is 9.36. The van der Waals surface area contributed by atoms with Crippen molar-refractivity contribution >= 4 is 0 Å². The molecule has 2 aliphatic rings. The maximum Gasteiger partial charge on any atom is 0 e. The van der Waals surface area contributed by atoms with E-state index in [9.17, 15) is 0 Å². The summed E-state index contributed by atoms with van der Waals surface area (Å²) in [6.07, 6.45) is 18.0. The Morgan fingerprint density at radius 2 is 1.00 bits per heavy atom. The molecule has 2 heteroatoms. The van der Waals surface area contributed by atoms with Crippen LogP contribution in [0.15, 0.2) is 0 Å². The van der Waals surface area contributed by atoms with E-state index in [0.29, 0.717) is 0 Å². The fourth-order valence-electron chi connectivity index (χ4n) is 2.93. The molecule has 0 aromatic rings. The molecule has 2 rings (SSSR count). The van der Waals surface area contributed by atoms with Crippen molar-refractivity contribution in [2.75, 3.05) is 0 Å². The van der Waals surface area contributed by atoms with Gasteiger partial charge in [0, 0.05) is 40.8 Å². The van der Waals surface area contributed by atoms with Gasteiger partial charge in [0.25, 0.3) is 0 Å². The van der Waals surface area contributed by atoms with Crippen LogP contribution in [0.1, 0.15) is 57.8 Å². The van der Waals surface area contributed by atoms with E-state index >= 15 is 0 Å². The molecule has 0 heterocycles. The van der Waals surface area contributed by atoms with Crippen molar-refractivity contribution in [2.45, 2.75) is 57.8 Å². The van der Waals surface area contributed by atoms with Crippen molar-refractivity contribution in [3.8, 4) is 0 Å². The zero-order valence-electron chi connectivity index (χ0n) is 9.43. The predicted molar refractivity (Wildman–Crippen MR) is 57.1 cm³/mol. The van der Waals surface area contributed by atoms with Crippen LogP contribution in [0, 0.1) is 24.7 Å². The van der Waals surface area contributed by atoms with Gasteiger partial charge in [0.05, 0.1) is 0 Å². The second-order valence-electron chi connectivity index (χ2n) is 4.85. The average Bonchev–Trinajstić information content (AvgIpc) is 2.21. The van der Waals surface area contributed by atoms with Crippen molar-refractivity contribution in [1.82, 2.24) is 0 Å². The standard InChI is InChI=1S/C13H22.2Re/c1-3-7-12(8-4-1)11-13-9-5-2-6-10-13;;/h1-2,12-13H,3-11H2;;/q-2;;. The molecule has 2 saturated carbocycles. The van der Waals surface area contributed by atoms with E-state index in [2.05, 4.69) is 12.8 Å². The first-order chi connectivity index (χ1) is 6.45. The molecular formula is C13H22Re2-2. The average molecular weight is 551 g/mol. The molecule has 0 saturated heterocycles. The minimum atomic E-state index is 0. The largest absolute Gasteiger partial charge is 0.328 e. The Morgan fingerprint density at radius 3 is 1.33 bits per heavy atom. The Morgan fingerprint density at radius 1 is 0.667 bits per heavy atom. The van der Waals surface area contributed by atoms with Gasteiger partial charge in [0.1, 0.15) is 0 Å². The maximum atomic E-state index is 2.48. The maximum absolute atomic E-state index is 2.48. The Labute approximate surface area is 123 Å². The minimum Gasteiger partial charge on any atom is -0.328 e. The summed E-state index contributed by atoms with van der Waals surface area (Å²) in [6.45, 7) is 0. The van der Waals surface area contributed by atoms with Crippen LogP contribution in [0.2, 0.25) is 0 Å². The first-order valence-electron chi connectivity index (χ1n) is 6.08. The molecule has 2 aliphatic carbocycles. The molecule has 0 aliphatic heterocycles. The molecule has 0 amide bonds. The van der Waals surface area contributed by atoms with E-state index in [1.807, 2.05) is 0 Å². The fourth-order valence-corrected chi connectivity index (χ4v) is 2.93. The third kappa shape index (κ3) is 5.98. The SMILES string of the molecule is [CH-]1CCC(CC2CC[CH-]CC2)CC1.[Re].[Re]. The van der Waals surface area contributed by atoms with E-state index in [1.165, 1.54) is 51.4 Å². The van der Waals surface area contributed by atoms with Gasteiger partial charge in [-0.1, -0.05) is 25.7 Å². The van der Waals surface area contributed by atoms with Gasteiger partial charge in [-0.3, -0.25) is 0 Å². The number of rotatable bonds is 2. The number of hydrogen-bond acceptors (Lipinski definition) is 0. The van der Waals surface area contributed by atoms with Gasteiger partial charge in [0.15, 0.2) is 0 Å².